The zero-order valence-electron chi connectivity index (χ0n) is 12.6. The molecule has 19 heavy (non-hydrogen) atoms. The number of hydrogen-bond acceptors (Lipinski definition) is 5. The smallest absolute Gasteiger partial charge is 0.209 e. The average Bonchev–Trinajstić information content (AvgIpc) is 2.23. The maximum Gasteiger partial charge on any atom is 0.209 e. The summed E-state index contributed by atoms with van der Waals surface area (Å²) in [5, 5.41) is 3.32. The number of rotatable bonds is 7. The average molecular weight is 292 g/mol. The molecule has 114 valence electrons. The van der Waals surface area contributed by atoms with E-state index < -0.39 is 15.6 Å². The van der Waals surface area contributed by atoms with Crippen LogP contribution in [-0.4, -0.2) is 82.9 Å². The van der Waals surface area contributed by atoms with Crippen LogP contribution in [0.5, 0.6) is 0 Å². The first kappa shape index (κ1) is 16.8. The third kappa shape index (κ3) is 7.84. The molecule has 0 amide bonds. The molecule has 1 aliphatic rings. The highest BCUT2D eigenvalue weighted by Gasteiger charge is 2.21. The monoisotopic (exact) mass is 292 g/mol. The second-order valence-corrected chi connectivity index (χ2v) is 7.83. The number of sulfonamides is 1. The molecule has 1 aliphatic heterocycles. The Morgan fingerprint density at radius 2 is 1.74 bits per heavy atom. The number of hydrogen-bond donors (Lipinski definition) is 2. The summed E-state index contributed by atoms with van der Waals surface area (Å²) >= 11 is 0. The molecule has 2 N–H and O–H groups in total. The minimum absolute atomic E-state index is 0.449. The van der Waals surface area contributed by atoms with Crippen LogP contribution in [0, 0.1) is 0 Å². The Morgan fingerprint density at radius 1 is 1.16 bits per heavy atom. The summed E-state index contributed by atoms with van der Waals surface area (Å²) in [5.74, 6) is 0. The minimum atomic E-state index is -3.15. The van der Waals surface area contributed by atoms with Crippen molar-refractivity contribution in [1.29, 1.82) is 0 Å². The Balaban J connectivity index is 2.16. The lowest BCUT2D eigenvalue weighted by Crippen LogP contribution is -2.51. The van der Waals surface area contributed by atoms with Gasteiger partial charge in [-0.05, 0) is 20.9 Å². The lowest BCUT2D eigenvalue weighted by molar-refractivity contribution is 0.154. The topological polar surface area (TPSA) is 64.7 Å². The van der Waals surface area contributed by atoms with Gasteiger partial charge in [0.25, 0.3) is 0 Å². The van der Waals surface area contributed by atoms with Gasteiger partial charge in [0.2, 0.25) is 10.0 Å². The van der Waals surface area contributed by atoms with Crippen molar-refractivity contribution < 1.29 is 8.42 Å². The van der Waals surface area contributed by atoms with Crippen molar-refractivity contribution in [1.82, 2.24) is 19.8 Å². The predicted octanol–water partition coefficient (Wildman–Crippen LogP) is -0.849. The van der Waals surface area contributed by atoms with Crippen molar-refractivity contribution in [2.45, 2.75) is 19.4 Å². The highest BCUT2D eigenvalue weighted by atomic mass is 32.2. The Kier molecular flexibility index (Phi) is 6.19. The van der Waals surface area contributed by atoms with Gasteiger partial charge in [0.15, 0.2) is 0 Å². The van der Waals surface area contributed by atoms with E-state index in [1.54, 1.807) is 0 Å². The summed E-state index contributed by atoms with van der Waals surface area (Å²) in [7, 11) is -1.00. The third-order valence-corrected chi connectivity index (χ3v) is 4.15. The lowest BCUT2D eigenvalue weighted by Gasteiger charge is -2.32. The van der Waals surface area contributed by atoms with Gasteiger partial charge in [-0.2, -0.15) is 0 Å². The summed E-state index contributed by atoms with van der Waals surface area (Å²) in [6, 6.07) is 0. The maximum atomic E-state index is 11.2. The van der Waals surface area contributed by atoms with Crippen LogP contribution in [0.2, 0.25) is 0 Å². The number of likely N-dealkylation sites (N-methyl/N-ethyl adjacent to an activating group) is 1. The maximum absolute atomic E-state index is 11.2. The molecule has 0 aromatic heterocycles. The van der Waals surface area contributed by atoms with Crippen molar-refractivity contribution in [2.24, 2.45) is 0 Å². The molecule has 0 unspecified atom stereocenters. The van der Waals surface area contributed by atoms with Crippen LogP contribution in [0.15, 0.2) is 0 Å². The zero-order valence-corrected chi connectivity index (χ0v) is 13.4. The fourth-order valence-corrected chi connectivity index (χ4v) is 3.32. The molecule has 0 aromatic rings. The van der Waals surface area contributed by atoms with Crippen LogP contribution in [-0.2, 0) is 10.0 Å². The van der Waals surface area contributed by atoms with E-state index in [0.717, 1.165) is 39.3 Å². The van der Waals surface area contributed by atoms with E-state index in [1.807, 2.05) is 13.8 Å². The fraction of sp³-hybridized carbons (Fsp3) is 1.00. The van der Waals surface area contributed by atoms with Gasteiger partial charge in [0.1, 0.15) is 0 Å². The molecule has 1 heterocycles. The molecule has 1 rings (SSSR count). The van der Waals surface area contributed by atoms with Gasteiger partial charge >= 0.3 is 0 Å². The molecule has 1 fully saturated rings. The predicted molar refractivity (Wildman–Crippen MR) is 78.9 cm³/mol. The van der Waals surface area contributed by atoms with Crippen LogP contribution in [0.1, 0.15) is 13.8 Å². The highest BCUT2D eigenvalue weighted by molar-refractivity contribution is 7.88. The molecule has 0 aliphatic carbocycles. The van der Waals surface area contributed by atoms with Gasteiger partial charge in [0.05, 0.1) is 6.26 Å². The van der Waals surface area contributed by atoms with Crippen LogP contribution < -0.4 is 10.0 Å². The molecule has 0 aromatic carbocycles. The first-order chi connectivity index (χ1) is 8.68. The van der Waals surface area contributed by atoms with Gasteiger partial charge in [-0.15, -0.1) is 0 Å². The number of piperazine rings is 1. The van der Waals surface area contributed by atoms with E-state index in [-0.39, 0.29) is 0 Å². The second kappa shape index (κ2) is 6.99. The van der Waals surface area contributed by atoms with E-state index in [0.29, 0.717) is 6.54 Å². The first-order valence-corrected chi connectivity index (χ1v) is 8.68. The summed E-state index contributed by atoms with van der Waals surface area (Å²) in [4.78, 5) is 4.77. The molecular formula is C12H28N4O2S. The molecule has 0 saturated carbocycles. The molecule has 0 spiro atoms. The van der Waals surface area contributed by atoms with Crippen LogP contribution in [0.25, 0.3) is 0 Å². The standard InChI is InChI=1S/C12H28N4O2S/c1-12(2,14-19(4,17)18)11-13-5-6-16-9-7-15(3)8-10-16/h13-14H,5-11H2,1-4H3. The third-order valence-electron chi connectivity index (χ3n) is 3.23. The first-order valence-electron chi connectivity index (χ1n) is 6.78. The van der Waals surface area contributed by atoms with E-state index in [1.165, 1.54) is 6.26 Å². The summed E-state index contributed by atoms with van der Waals surface area (Å²) in [6.07, 6.45) is 1.19. The Labute approximate surface area is 117 Å². The van der Waals surface area contributed by atoms with Crippen molar-refractivity contribution in [2.75, 3.05) is 59.1 Å². The number of nitrogens with one attached hydrogen (secondary N) is 2. The fourth-order valence-electron chi connectivity index (χ4n) is 2.25. The van der Waals surface area contributed by atoms with Gasteiger partial charge in [-0.1, -0.05) is 0 Å². The molecular weight excluding hydrogens is 264 g/mol. The minimum Gasteiger partial charge on any atom is -0.314 e. The summed E-state index contributed by atoms with van der Waals surface area (Å²) < 4.78 is 25.0. The van der Waals surface area contributed by atoms with Crippen molar-refractivity contribution >= 4 is 10.0 Å². The van der Waals surface area contributed by atoms with E-state index in [2.05, 4.69) is 26.9 Å². The van der Waals surface area contributed by atoms with Crippen molar-refractivity contribution in [3.8, 4) is 0 Å². The molecule has 0 bridgehead atoms. The van der Waals surface area contributed by atoms with Gasteiger partial charge in [-0.25, -0.2) is 13.1 Å². The number of nitrogens with zero attached hydrogens (tertiary/aromatic N) is 2. The van der Waals surface area contributed by atoms with Gasteiger partial charge < -0.3 is 10.2 Å². The van der Waals surface area contributed by atoms with E-state index >= 15 is 0 Å². The zero-order chi connectivity index (χ0) is 14.5. The molecule has 7 heteroatoms. The lowest BCUT2D eigenvalue weighted by atomic mass is 10.1. The normalized spacial score (nSPS) is 19.8. The van der Waals surface area contributed by atoms with Crippen LogP contribution in [0.4, 0.5) is 0 Å². The highest BCUT2D eigenvalue weighted by Crippen LogP contribution is 2.02. The summed E-state index contributed by atoms with van der Waals surface area (Å²) in [5.41, 5.74) is -0.449. The Bertz CT molecular complexity index is 362. The molecule has 0 atom stereocenters. The summed E-state index contributed by atoms with van der Waals surface area (Å²) in [6.45, 7) is 10.8. The second-order valence-electron chi connectivity index (χ2n) is 6.08. The van der Waals surface area contributed by atoms with Crippen LogP contribution >= 0.6 is 0 Å². The Morgan fingerprint density at radius 3 is 2.26 bits per heavy atom. The van der Waals surface area contributed by atoms with Gasteiger partial charge in [0, 0.05) is 51.4 Å². The quantitative estimate of drug-likeness (QED) is 0.599. The van der Waals surface area contributed by atoms with Gasteiger partial charge in [-0.3, -0.25) is 4.90 Å². The van der Waals surface area contributed by atoms with E-state index in [9.17, 15) is 8.42 Å². The van der Waals surface area contributed by atoms with Crippen molar-refractivity contribution in [3.63, 3.8) is 0 Å². The molecule has 0 radical (unpaired) electrons. The largest absolute Gasteiger partial charge is 0.314 e. The SMILES string of the molecule is CN1CCN(CCNCC(C)(C)NS(C)(=O)=O)CC1. The molecule has 6 nitrogen and oxygen atoms in total. The van der Waals surface area contributed by atoms with Crippen LogP contribution in [0.3, 0.4) is 0 Å². The Hall–Kier alpha value is -0.210. The van der Waals surface area contributed by atoms with Crippen molar-refractivity contribution in [3.05, 3.63) is 0 Å². The van der Waals surface area contributed by atoms with E-state index in [4.69, 9.17) is 0 Å². The molecule has 1 saturated heterocycles.